The average molecular weight is 340 g/mol. The Kier molecular flexibility index (Phi) is 3.68. The zero-order chi connectivity index (χ0) is 16.7. The van der Waals surface area contributed by atoms with E-state index in [1.807, 2.05) is 28.5 Å². The van der Waals surface area contributed by atoms with Crippen molar-refractivity contribution < 1.29 is 9.59 Å². The van der Waals surface area contributed by atoms with Gasteiger partial charge in [0, 0.05) is 30.6 Å². The number of carbonyl (C=O) groups excluding carboxylic acids is 2. The highest BCUT2D eigenvalue weighted by Gasteiger charge is 2.52. The molecule has 5 heteroatoms. The van der Waals surface area contributed by atoms with E-state index < -0.39 is 0 Å². The Labute approximate surface area is 145 Å². The molecule has 0 saturated heterocycles. The Bertz CT molecular complexity index is 794. The summed E-state index contributed by atoms with van der Waals surface area (Å²) in [4.78, 5) is 27.4. The number of hydrogen-bond donors (Lipinski definition) is 1. The van der Waals surface area contributed by atoms with Gasteiger partial charge >= 0.3 is 0 Å². The van der Waals surface area contributed by atoms with Gasteiger partial charge in [0.05, 0.1) is 5.41 Å². The van der Waals surface area contributed by atoms with E-state index in [9.17, 15) is 9.59 Å². The fourth-order valence-corrected chi connectivity index (χ4v) is 4.40. The minimum Gasteiger partial charge on any atom is -0.338 e. The number of nitrogens with one attached hydrogen (secondary N) is 1. The van der Waals surface area contributed by atoms with Crippen LogP contribution in [0.2, 0.25) is 0 Å². The highest BCUT2D eigenvalue weighted by atomic mass is 32.1. The number of hydrogen-bond acceptors (Lipinski definition) is 3. The topological polar surface area (TPSA) is 49.4 Å². The minimum absolute atomic E-state index is 0.0872. The van der Waals surface area contributed by atoms with E-state index in [1.54, 1.807) is 18.3 Å². The van der Waals surface area contributed by atoms with E-state index in [0.717, 1.165) is 41.9 Å². The molecule has 0 unspecified atom stereocenters. The van der Waals surface area contributed by atoms with Gasteiger partial charge in [-0.2, -0.15) is 0 Å². The molecule has 2 amide bonds. The molecule has 1 aliphatic carbocycles. The zero-order valence-corrected chi connectivity index (χ0v) is 14.5. The third-order valence-electron chi connectivity index (χ3n) is 5.10. The fourth-order valence-electron chi connectivity index (χ4n) is 3.42. The molecule has 4 rings (SSSR count). The first-order valence-corrected chi connectivity index (χ1v) is 9.19. The van der Waals surface area contributed by atoms with Gasteiger partial charge in [-0.1, -0.05) is 12.1 Å². The largest absolute Gasteiger partial charge is 0.338 e. The average Bonchev–Trinajstić information content (AvgIpc) is 3.21. The van der Waals surface area contributed by atoms with Crippen molar-refractivity contribution in [3.8, 4) is 0 Å². The van der Waals surface area contributed by atoms with Crippen molar-refractivity contribution in [3.63, 3.8) is 0 Å². The first-order chi connectivity index (χ1) is 11.6. The van der Waals surface area contributed by atoms with E-state index in [1.165, 1.54) is 5.56 Å². The van der Waals surface area contributed by atoms with Crippen LogP contribution in [0.5, 0.6) is 0 Å². The lowest BCUT2D eigenvalue weighted by Crippen LogP contribution is -2.34. The molecule has 0 bridgehead atoms. The third-order valence-corrected chi connectivity index (χ3v) is 6.17. The van der Waals surface area contributed by atoms with Gasteiger partial charge in [0.25, 0.3) is 0 Å². The van der Waals surface area contributed by atoms with Crippen LogP contribution in [0.25, 0.3) is 0 Å². The van der Waals surface area contributed by atoms with E-state index >= 15 is 0 Å². The number of carbonyl (C=O) groups is 2. The molecule has 1 fully saturated rings. The summed E-state index contributed by atoms with van der Waals surface area (Å²) in [5.74, 6) is 0.189. The van der Waals surface area contributed by atoms with Gasteiger partial charge in [0.2, 0.25) is 11.8 Å². The SMILES string of the molecule is CC(=O)N1CCc2ccc(NC(=O)C3(c4cccs4)CC3)cc2C1. The van der Waals surface area contributed by atoms with Crippen LogP contribution >= 0.6 is 11.3 Å². The van der Waals surface area contributed by atoms with Gasteiger partial charge in [-0.25, -0.2) is 0 Å². The summed E-state index contributed by atoms with van der Waals surface area (Å²) in [5.41, 5.74) is 2.90. The molecule has 1 aromatic heterocycles. The van der Waals surface area contributed by atoms with Crippen LogP contribution in [0.1, 0.15) is 35.8 Å². The standard InChI is InChI=1S/C19H20N2O2S/c1-13(22)21-9-6-14-4-5-16(11-15(14)12-21)20-18(23)19(7-8-19)17-3-2-10-24-17/h2-5,10-11H,6-9,12H2,1H3,(H,20,23). The van der Waals surface area contributed by atoms with Crippen LogP contribution < -0.4 is 5.32 Å². The second-order valence-corrected chi connectivity index (χ2v) is 7.64. The summed E-state index contributed by atoms with van der Waals surface area (Å²) in [5, 5.41) is 5.12. The minimum atomic E-state index is -0.324. The van der Waals surface area contributed by atoms with Crippen LogP contribution in [-0.2, 0) is 28.0 Å². The summed E-state index contributed by atoms with van der Waals surface area (Å²) in [7, 11) is 0. The number of rotatable bonds is 3. The summed E-state index contributed by atoms with van der Waals surface area (Å²) in [6, 6.07) is 10.1. The molecule has 1 N–H and O–H groups in total. The first-order valence-electron chi connectivity index (χ1n) is 8.31. The molecule has 124 valence electrons. The summed E-state index contributed by atoms with van der Waals surface area (Å²) < 4.78 is 0. The lowest BCUT2D eigenvalue weighted by atomic mass is 9.98. The van der Waals surface area contributed by atoms with Crippen molar-refractivity contribution in [3.05, 3.63) is 51.7 Å². The quantitative estimate of drug-likeness (QED) is 0.932. The van der Waals surface area contributed by atoms with Crippen LogP contribution in [0.15, 0.2) is 35.7 Å². The van der Waals surface area contributed by atoms with Crippen LogP contribution in [0.3, 0.4) is 0 Å². The Morgan fingerprint density at radius 3 is 2.71 bits per heavy atom. The predicted molar refractivity (Wildman–Crippen MR) is 95.1 cm³/mol. The second-order valence-electron chi connectivity index (χ2n) is 6.69. The maximum absolute atomic E-state index is 12.8. The number of fused-ring (bicyclic) bond motifs is 1. The van der Waals surface area contributed by atoms with Crippen molar-refractivity contribution in [2.24, 2.45) is 0 Å². The lowest BCUT2D eigenvalue weighted by molar-refractivity contribution is -0.129. The Morgan fingerprint density at radius 2 is 2.04 bits per heavy atom. The Hall–Kier alpha value is -2.14. The molecule has 1 aromatic carbocycles. The van der Waals surface area contributed by atoms with Crippen molar-refractivity contribution >= 4 is 28.8 Å². The van der Waals surface area contributed by atoms with Gasteiger partial charge in [0.1, 0.15) is 0 Å². The predicted octanol–water partition coefficient (Wildman–Crippen LogP) is 3.32. The van der Waals surface area contributed by atoms with E-state index in [0.29, 0.717) is 6.54 Å². The van der Waals surface area contributed by atoms with Crippen LogP contribution in [0, 0.1) is 0 Å². The van der Waals surface area contributed by atoms with Crippen molar-refractivity contribution in [1.82, 2.24) is 4.90 Å². The maximum Gasteiger partial charge on any atom is 0.235 e. The van der Waals surface area contributed by atoms with Crippen LogP contribution in [-0.4, -0.2) is 23.3 Å². The smallest absolute Gasteiger partial charge is 0.235 e. The van der Waals surface area contributed by atoms with E-state index in [4.69, 9.17) is 0 Å². The molecule has 2 heterocycles. The Morgan fingerprint density at radius 1 is 1.21 bits per heavy atom. The molecule has 2 aromatic rings. The molecule has 0 radical (unpaired) electrons. The maximum atomic E-state index is 12.8. The van der Waals surface area contributed by atoms with Gasteiger partial charge in [-0.15, -0.1) is 11.3 Å². The number of anilines is 1. The van der Waals surface area contributed by atoms with Crippen molar-refractivity contribution in [1.29, 1.82) is 0 Å². The number of thiophene rings is 1. The van der Waals surface area contributed by atoms with E-state index in [2.05, 4.69) is 17.4 Å². The molecule has 2 aliphatic rings. The highest BCUT2D eigenvalue weighted by Crippen LogP contribution is 2.50. The number of benzene rings is 1. The van der Waals surface area contributed by atoms with Crippen molar-refractivity contribution in [2.75, 3.05) is 11.9 Å². The lowest BCUT2D eigenvalue weighted by Gasteiger charge is -2.28. The molecular weight excluding hydrogens is 320 g/mol. The van der Waals surface area contributed by atoms with Crippen LogP contribution in [0.4, 0.5) is 5.69 Å². The van der Waals surface area contributed by atoms with Gasteiger partial charge in [-0.05, 0) is 54.0 Å². The molecular formula is C19H20N2O2S. The molecule has 0 atom stereocenters. The fraction of sp³-hybridized carbons (Fsp3) is 0.368. The monoisotopic (exact) mass is 340 g/mol. The summed E-state index contributed by atoms with van der Waals surface area (Å²) in [6.07, 6.45) is 2.72. The molecule has 24 heavy (non-hydrogen) atoms. The molecule has 0 spiro atoms. The normalized spacial score (nSPS) is 18.0. The molecule has 1 aliphatic heterocycles. The molecule has 4 nitrogen and oxygen atoms in total. The van der Waals surface area contributed by atoms with Crippen molar-refractivity contribution in [2.45, 2.75) is 38.1 Å². The number of amides is 2. The summed E-state index contributed by atoms with van der Waals surface area (Å²) >= 11 is 1.65. The summed E-state index contributed by atoms with van der Waals surface area (Å²) in [6.45, 7) is 3.01. The van der Waals surface area contributed by atoms with Gasteiger partial charge < -0.3 is 10.2 Å². The number of nitrogens with zero attached hydrogens (tertiary/aromatic N) is 1. The Balaban J connectivity index is 1.53. The first kappa shape index (κ1) is 15.4. The highest BCUT2D eigenvalue weighted by molar-refractivity contribution is 7.10. The van der Waals surface area contributed by atoms with Gasteiger partial charge in [-0.3, -0.25) is 9.59 Å². The van der Waals surface area contributed by atoms with E-state index in [-0.39, 0.29) is 17.2 Å². The zero-order valence-electron chi connectivity index (χ0n) is 13.7. The van der Waals surface area contributed by atoms with Gasteiger partial charge in [0.15, 0.2) is 0 Å². The second kappa shape index (κ2) is 5.74. The molecule has 1 saturated carbocycles. The third kappa shape index (κ3) is 2.63.